The van der Waals surface area contributed by atoms with Crippen LogP contribution in [0, 0.1) is 0 Å². The Bertz CT molecular complexity index is 739. The third-order valence-corrected chi connectivity index (χ3v) is 4.24. The first-order chi connectivity index (χ1) is 11.1. The molecule has 4 heteroatoms. The molecule has 118 valence electrons. The second-order valence-electron chi connectivity index (χ2n) is 5.87. The van der Waals surface area contributed by atoms with E-state index in [1.165, 1.54) is 11.1 Å². The van der Waals surface area contributed by atoms with E-state index in [9.17, 15) is 9.59 Å². The molecule has 4 nitrogen and oxygen atoms in total. The minimum atomic E-state index is -0.969. The second kappa shape index (κ2) is 6.65. The SMILES string of the molecule is O=C(O)c1cccc(CC(=O)N2CCCc3ccccc3C2)c1. The number of aryl methyl sites for hydroxylation is 1. The van der Waals surface area contributed by atoms with Gasteiger partial charge in [0.25, 0.3) is 0 Å². The summed E-state index contributed by atoms with van der Waals surface area (Å²) < 4.78 is 0. The lowest BCUT2D eigenvalue weighted by molar-refractivity contribution is -0.131. The van der Waals surface area contributed by atoms with Crippen LogP contribution in [-0.2, 0) is 24.2 Å². The Morgan fingerprint density at radius 3 is 2.61 bits per heavy atom. The lowest BCUT2D eigenvalue weighted by Crippen LogP contribution is -2.32. The first kappa shape index (κ1) is 15.3. The van der Waals surface area contributed by atoms with Gasteiger partial charge in [-0.3, -0.25) is 4.79 Å². The maximum atomic E-state index is 12.6. The Morgan fingerprint density at radius 2 is 1.83 bits per heavy atom. The van der Waals surface area contributed by atoms with E-state index in [1.54, 1.807) is 24.3 Å². The Labute approximate surface area is 135 Å². The smallest absolute Gasteiger partial charge is 0.335 e. The molecule has 1 aliphatic heterocycles. The Morgan fingerprint density at radius 1 is 1.04 bits per heavy atom. The number of carbonyl (C=O) groups is 2. The fourth-order valence-corrected chi connectivity index (χ4v) is 3.01. The van der Waals surface area contributed by atoms with Gasteiger partial charge < -0.3 is 10.0 Å². The van der Waals surface area contributed by atoms with Crippen molar-refractivity contribution < 1.29 is 14.7 Å². The van der Waals surface area contributed by atoms with Gasteiger partial charge in [0.05, 0.1) is 12.0 Å². The molecule has 0 unspecified atom stereocenters. The van der Waals surface area contributed by atoms with Gasteiger partial charge in [0, 0.05) is 13.1 Å². The molecule has 0 saturated heterocycles. The number of fused-ring (bicyclic) bond motifs is 1. The maximum Gasteiger partial charge on any atom is 0.335 e. The molecule has 0 radical (unpaired) electrons. The van der Waals surface area contributed by atoms with Gasteiger partial charge in [-0.2, -0.15) is 0 Å². The van der Waals surface area contributed by atoms with Gasteiger partial charge in [-0.15, -0.1) is 0 Å². The van der Waals surface area contributed by atoms with Crippen molar-refractivity contribution in [2.75, 3.05) is 6.54 Å². The average Bonchev–Trinajstić information content (AvgIpc) is 2.77. The predicted molar refractivity (Wildman–Crippen MR) is 87.3 cm³/mol. The van der Waals surface area contributed by atoms with Gasteiger partial charge in [-0.25, -0.2) is 4.79 Å². The molecule has 2 aromatic carbocycles. The Balaban J connectivity index is 1.73. The van der Waals surface area contributed by atoms with Crippen LogP contribution in [0.15, 0.2) is 48.5 Å². The molecule has 0 atom stereocenters. The van der Waals surface area contributed by atoms with E-state index in [4.69, 9.17) is 5.11 Å². The lowest BCUT2D eigenvalue weighted by Gasteiger charge is -2.21. The van der Waals surface area contributed by atoms with Gasteiger partial charge in [-0.1, -0.05) is 36.4 Å². The summed E-state index contributed by atoms with van der Waals surface area (Å²) in [6, 6.07) is 14.8. The molecular formula is C19H19NO3. The first-order valence-electron chi connectivity index (χ1n) is 7.80. The zero-order chi connectivity index (χ0) is 16.2. The summed E-state index contributed by atoms with van der Waals surface area (Å²) in [5.74, 6) is -0.924. The van der Waals surface area contributed by atoms with E-state index in [0.29, 0.717) is 6.54 Å². The third-order valence-electron chi connectivity index (χ3n) is 4.24. The van der Waals surface area contributed by atoms with E-state index in [-0.39, 0.29) is 17.9 Å². The summed E-state index contributed by atoms with van der Waals surface area (Å²) in [4.78, 5) is 25.5. The fourth-order valence-electron chi connectivity index (χ4n) is 3.01. The highest BCUT2D eigenvalue weighted by Crippen LogP contribution is 2.19. The van der Waals surface area contributed by atoms with Crippen molar-refractivity contribution in [3.8, 4) is 0 Å². The van der Waals surface area contributed by atoms with Crippen LogP contribution in [0.25, 0.3) is 0 Å². The topological polar surface area (TPSA) is 57.6 Å². The van der Waals surface area contributed by atoms with Crippen LogP contribution < -0.4 is 0 Å². The number of hydrogen-bond acceptors (Lipinski definition) is 2. The van der Waals surface area contributed by atoms with Crippen molar-refractivity contribution in [1.29, 1.82) is 0 Å². The molecule has 0 saturated carbocycles. The summed E-state index contributed by atoms with van der Waals surface area (Å²) in [5.41, 5.74) is 3.48. The van der Waals surface area contributed by atoms with Crippen molar-refractivity contribution in [3.05, 3.63) is 70.8 Å². The van der Waals surface area contributed by atoms with Crippen LogP contribution in [0.2, 0.25) is 0 Å². The van der Waals surface area contributed by atoms with Gasteiger partial charge in [-0.05, 0) is 41.7 Å². The van der Waals surface area contributed by atoms with Gasteiger partial charge in [0.15, 0.2) is 0 Å². The standard InChI is InChI=1S/C19H19NO3/c21-18(12-14-5-3-8-16(11-14)19(22)23)20-10-4-9-15-6-1-2-7-17(15)13-20/h1-3,5-8,11H,4,9-10,12-13H2,(H,22,23). The summed E-state index contributed by atoms with van der Waals surface area (Å²) in [7, 11) is 0. The van der Waals surface area contributed by atoms with Crippen LogP contribution in [0.3, 0.4) is 0 Å². The minimum absolute atomic E-state index is 0.0456. The van der Waals surface area contributed by atoms with Crippen molar-refractivity contribution in [3.63, 3.8) is 0 Å². The number of carboxylic acid groups (broad SMARTS) is 1. The molecule has 0 aliphatic carbocycles. The monoisotopic (exact) mass is 309 g/mol. The predicted octanol–water partition coefficient (Wildman–Crippen LogP) is 2.90. The molecule has 0 fully saturated rings. The molecule has 0 bridgehead atoms. The lowest BCUT2D eigenvalue weighted by atomic mass is 10.0. The van der Waals surface area contributed by atoms with Gasteiger partial charge in [0.1, 0.15) is 0 Å². The molecule has 0 spiro atoms. The molecular weight excluding hydrogens is 290 g/mol. The fraction of sp³-hybridized carbons (Fsp3) is 0.263. The molecule has 2 aromatic rings. The molecule has 1 N–H and O–H groups in total. The Hall–Kier alpha value is -2.62. The highest BCUT2D eigenvalue weighted by molar-refractivity contribution is 5.88. The van der Waals surface area contributed by atoms with Crippen LogP contribution in [0.5, 0.6) is 0 Å². The maximum absolute atomic E-state index is 12.6. The van der Waals surface area contributed by atoms with E-state index < -0.39 is 5.97 Å². The van der Waals surface area contributed by atoms with E-state index in [0.717, 1.165) is 24.9 Å². The first-order valence-corrected chi connectivity index (χ1v) is 7.80. The normalized spacial score (nSPS) is 14.0. The van der Waals surface area contributed by atoms with Crippen molar-refractivity contribution in [2.45, 2.75) is 25.8 Å². The molecule has 1 amide bonds. The third kappa shape index (κ3) is 3.59. The highest BCUT2D eigenvalue weighted by Gasteiger charge is 2.19. The van der Waals surface area contributed by atoms with E-state index in [1.807, 2.05) is 17.0 Å². The number of amides is 1. The molecule has 1 heterocycles. The van der Waals surface area contributed by atoms with Crippen LogP contribution in [-0.4, -0.2) is 28.4 Å². The molecule has 0 aromatic heterocycles. The Kier molecular flexibility index (Phi) is 4.42. The quantitative estimate of drug-likeness (QED) is 0.948. The summed E-state index contributed by atoms with van der Waals surface area (Å²) in [6.45, 7) is 1.37. The number of carboxylic acids is 1. The molecule has 1 aliphatic rings. The van der Waals surface area contributed by atoms with Gasteiger partial charge >= 0.3 is 5.97 Å². The van der Waals surface area contributed by atoms with Crippen molar-refractivity contribution in [1.82, 2.24) is 4.90 Å². The highest BCUT2D eigenvalue weighted by atomic mass is 16.4. The van der Waals surface area contributed by atoms with Crippen LogP contribution >= 0.6 is 0 Å². The van der Waals surface area contributed by atoms with Gasteiger partial charge in [0.2, 0.25) is 5.91 Å². The number of aromatic carboxylic acids is 1. The zero-order valence-corrected chi connectivity index (χ0v) is 12.9. The number of nitrogens with zero attached hydrogens (tertiary/aromatic N) is 1. The van der Waals surface area contributed by atoms with Crippen molar-refractivity contribution in [2.24, 2.45) is 0 Å². The van der Waals surface area contributed by atoms with E-state index in [2.05, 4.69) is 12.1 Å². The van der Waals surface area contributed by atoms with E-state index >= 15 is 0 Å². The van der Waals surface area contributed by atoms with Crippen molar-refractivity contribution >= 4 is 11.9 Å². The second-order valence-corrected chi connectivity index (χ2v) is 5.87. The average molecular weight is 309 g/mol. The number of rotatable bonds is 3. The number of carbonyl (C=O) groups excluding carboxylic acids is 1. The van der Waals surface area contributed by atoms with Crippen LogP contribution in [0.4, 0.5) is 0 Å². The minimum Gasteiger partial charge on any atom is -0.478 e. The summed E-state index contributed by atoms with van der Waals surface area (Å²) >= 11 is 0. The number of hydrogen-bond donors (Lipinski definition) is 1. The summed E-state index contributed by atoms with van der Waals surface area (Å²) in [5, 5.41) is 9.04. The zero-order valence-electron chi connectivity index (χ0n) is 12.9. The largest absolute Gasteiger partial charge is 0.478 e. The van der Waals surface area contributed by atoms with Crippen LogP contribution in [0.1, 0.15) is 33.5 Å². The summed E-state index contributed by atoms with van der Waals surface area (Å²) in [6.07, 6.45) is 2.19. The number of benzene rings is 2. The molecule has 23 heavy (non-hydrogen) atoms. The molecule has 3 rings (SSSR count).